The largest absolute Gasteiger partial charge is 0.481 e. The first-order valence-electron chi connectivity index (χ1n) is 8.22. The Hall–Kier alpha value is -2.57. The number of hydrogen-bond donors (Lipinski definition) is 2. The molecule has 7 nitrogen and oxygen atoms in total. The minimum Gasteiger partial charge on any atom is -0.481 e. The van der Waals surface area contributed by atoms with Gasteiger partial charge in [0.1, 0.15) is 0 Å². The topological polar surface area (TPSA) is 90.0 Å². The molecule has 0 aliphatic rings. The zero-order chi connectivity index (χ0) is 19.1. The van der Waals surface area contributed by atoms with E-state index in [1.807, 2.05) is 26.0 Å². The zero-order valence-corrected chi connectivity index (χ0v) is 15.4. The Balaban J connectivity index is 2.66. The molecule has 0 heterocycles. The van der Waals surface area contributed by atoms with Gasteiger partial charge in [-0.05, 0) is 31.5 Å². The smallest absolute Gasteiger partial charge is 0.321 e. The highest BCUT2D eigenvalue weighted by molar-refractivity contribution is 5.89. The summed E-state index contributed by atoms with van der Waals surface area (Å²) in [5.41, 5.74) is 1.58. The van der Waals surface area contributed by atoms with E-state index < -0.39 is 11.9 Å². The summed E-state index contributed by atoms with van der Waals surface area (Å²) in [7, 11) is 1.55. The molecule has 3 amide bonds. The predicted molar refractivity (Wildman–Crippen MR) is 96.3 cm³/mol. The second-order valence-electron chi connectivity index (χ2n) is 6.49. The van der Waals surface area contributed by atoms with Crippen molar-refractivity contribution >= 4 is 23.6 Å². The van der Waals surface area contributed by atoms with Gasteiger partial charge in [0.15, 0.2) is 0 Å². The number of anilines is 1. The normalized spacial score (nSPS) is 11.8. The van der Waals surface area contributed by atoms with Crippen molar-refractivity contribution in [2.75, 3.05) is 18.9 Å². The van der Waals surface area contributed by atoms with E-state index in [0.29, 0.717) is 12.2 Å². The summed E-state index contributed by atoms with van der Waals surface area (Å²) < 4.78 is 0. The second kappa shape index (κ2) is 9.05. The Morgan fingerprint density at radius 2 is 1.68 bits per heavy atom. The highest BCUT2D eigenvalue weighted by Crippen LogP contribution is 2.14. The molecule has 7 heteroatoms. The van der Waals surface area contributed by atoms with Gasteiger partial charge < -0.3 is 20.2 Å². The monoisotopic (exact) mass is 349 g/mol. The molecular formula is C18H27N3O4. The predicted octanol–water partition coefficient (Wildman–Crippen LogP) is 2.63. The first-order chi connectivity index (χ1) is 11.6. The van der Waals surface area contributed by atoms with E-state index in [9.17, 15) is 14.4 Å². The number of carboxylic acid groups (broad SMARTS) is 1. The van der Waals surface area contributed by atoms with Gasteiger partial charge in [-0.25, -0.2) is 4.79 Å². The van der Waals surface area contributed by atoms with E-state index in [1.54, 1.807) is 37.9 Å². The molecule has 0 saturated heterocycles. The lowest BCUT2D eigenvalue weighted by atomic mass is 10.1. The third-order valence-electron chi connectivity index (χ3n) is 3.90. The maximum Gasteiger partial charge on any atom is 0.321 e. The van der Waals surface area contributed by atoms with Gasteiger partial charge in [0.25, 0.3) is 0 Å². The molecule has 0 saturated carbocycles. The molecule has 25 heavy (non-hydrogen) atoms. The Kier molecular flexibility index (Phi) is 7.42. The third-order valence-corrected chi connectivity index (χ3v) is 3.90. The van der Waals surface area contributed by atoms with Gasteiger partial charge in [-0.2, -0.15) is 0 Å². The second-order valence-corrected chi connectivity index (χ2v) is 6.49. The number of carbonyl (C=O) groups is 3. The molecule has 1 aromatic carbocycles. The van der Waals surface area contributed by atoms with Crippen LogP contribution >= 0.6 is 0 Å². The van der Waals surface area contributed by atoms with E-state index in [1.165, 1.54) is 4.90 Å². The fourth-order valence-electron chi connectivity index (χ4n) is 2.34. The first kappa shape index (κ1) is 20.5. The van der Waals surface area contributed by atoms with Crippen molar-refractivity contribution in [3.63, 3.8) is 0 Å². The molecule has 2 N–H and O–H groups in total. The van der Waals surface area contributed by atoms with Gasteiger partial charge >= 0.3 is 12.0 Å². The number of benzene rings is 1. The quantitative estimate of drug-likeness (QED) is 0.792. The molecule has 0 aromatic heterocycles. The fourth-order valence-corrected chi connectivity index (χ4v) is 2.34. The minimum atomic E-state index is -0.941. The van der Waals surface area contributed by atoms with Crippen LogP contribution in [0.2, 0.25) is 0 Å². The van der Waals surface area contributed by atoms with Crippen LogP contribution in [0.3, 0.4) is 0 Å². The van der Waals surface area contributed by atoms with Gasteiger partial charge in [0.05, 0.1) is 5.92 Å². The summed E-state index contributed by atoms with van der Waals surface area (Å²) in [4.78, 5) is 37.7. The summed E-state index contributed by atoms with van der Waals surface area (Å²) >= 11 is 0. The van der Waals surface area contributed by atoms with Gasteiger partial charge in [0.2, 0.25) is 5.91 Å². The summed E-state index contributed by atoms with van der Waals surface area (Å²) in [5, 5.41) is 11.6. The van der Waals surface area contributed by atoms with Crippen LogP contribution < -0.4 is 5.32 Å². The van der Waals surface area contributed by atoms with Crippen LogP contribution in [-0.4, -0.2) is 52.4 Å². The van der Waals surface area contributed by atoms with Crippen molar-refractivity contribution in [2.45, 2.75) is 40.3 Å². The van der Waals surface area contributed by atoms with Crippen molar-refractivity contribution in [1.82, 2.24) is 9.80 Å². The average Bonchev–Trinajstić information content (AvgIpc) is 2.53. The highest BCUT2D eigenvalue weighted by Gasteiger charge is 2.17. The number of rotatable bonds is 7. The van der Waals surface area contributed by atoms with Crippen molar-refractivity contribution in [2.24, 2.45) is 5.92 Å². The lowest BCUT2D eigenvalue weighted by Gasteiger charge is -2.25. The molecule has 1 rings (SSSR count). The fraction of sp³-hybridized carbons (Fsp3) is 0.500. The van der Waals surface area contributed by atoms with Crippen molar-refractivity contribution in [3.05, 3.63) is 29.8 Å². The number of hydrogen-bond acceptors (Lipinski definition) is 3. The maximum absolute atomic E-state index is 12.1. The summed E-state index contributed by atoms with van der Waals surface area (Å²) in [6.07, 6.45) is 0. The SMILES string of the molecule is CC(=O)N(Cc1ccc(NC(=O)N(C)CC(C)C(=O)O)cc1)C(C)C. The Bertz CT molecular complexity index is 613. The van der Waals surface area contributed by atoms with Crippen LogP contribution in [0.4, 0.5) is 10.5 Å². The van der Waals surface area contributed by atoms with Crippen molar-refractivity contribution in [3.8, 4) is 0 Å². The number of carboxylic acids is 1. The lowest BCUT2D eigenvalue weighted by Crippen LogP contribution is -2.36. The van der Waals surface area contributed by atoms with E-state index in [4.69, 9.17) is 5.11 Å². The molecule has 0 aliphatic heterocycles. The molecule has 0 bridgehead atoms. The standard InChI is InChI=1S/C18H27N3O4/c1-12(2)21(14(4)22)11-15-6-8-16(9-7-15)19-18(25)20(5)10-13(3)17(23)24/h6-9,12-13H,10-11H2,1-5H3,(H,19,25)(H,23,24). The molecule has 0 fully saturated rings. The number of nitrogens with one attached hydrogen (secondary N) is 1. The lowest BCUT2D eigenvalue weighted by molar-refractivity contribution is -0.141. The summed E-state index contributed by atoms with van der Waals surface area (Å²) in [6, 6.07) is 6.98. The molecule has 0 aliphatic carbocycles. The van der Waals surface area contributed by atoms with Crippen molar-refractivity contribution < 1.29 is 19.5 Å². The summed E-state index contributed by atoms with van der Waals surface area (Å²) in [6.45, 7) is 7.66. The molecule has 1 unspecified atom stereocenters. The Morgan fingerprint density at radius 1 is 1.12 bits per heavy atom. The number of urea groups is 1. The van der Waals surface area contributed by atoms with E-state index in [2.05, 4.69) is 5.32 Å². The minimum absolute atomic E-state index is 0.0153. The number of carbonyl (C=O) groups excluding carboxylic acids is 2. The number of aliphatic carboxylic acids is 1. The van der Waals surface area contributed by atoms with E-state index in [0.717, 1.165) is 5.56 Å². The van der Waals surface area contributed by atoms with Crippen LogP contribution in [0.1, 0.15) is 33.3 Å². The van der Waals surface area contributed by atoms with Gasteiger partial charge in [-0.15, -0.1) is 0 Å². The molecule has 0 spiro atoms. The molecule has 138 valence electrons. The highest BCUT2D eigenvalue weighted by atomic mass is 16.4. The first-order valence-corrected chi connectivity index (χ1v) is 8.22. The molecule has 1 aromatic rings. The van der Waals surface area contributed by atoms with Gasteiger partial charge in [0, 0.05) is 38.8 Å². The van der Waals surface area contributed by atoms with Gasteiger partial charge in [-0.3, -0.25) is 9.59 Å². The Labute approximate surface area is 148 Å². The third kappa shape index (κ3) is 6.45. The Morgan fingerprint density at radius 3 is 2.12 bits per heavy atom. The van der Waals surface area contributed by atoms with Gasteiger partial charge in [-0.1, -0.05) is 19.1 Å². The summed E-state index contributed by atoms with van der Waals surface area (Å²) in [5.74, 6) is -1.56. The van der Waals surface area contributed by atoms with Crippen LogP contribution in [0, 0.1) is 5.92 Å². The number of nitrogens with zero attached hydrogens (tertiary/aromatic N) is 2. The number of amides is 3. The van der Waals surface area contributed by atoms with Crippen LogP contribution in [0.15, 0.2) is 24.3 Å². The average molecular weight is 349 g/mol. The van der Waals surface area contributed by atoms with E-state index in [-0.39, 0.29) is 24.5 Å². The molecule has 0 radical (unpaired) electrons. The van der Waals surface area contributed by atoms with Crippen molar-refractivity contribution in [1.29, 1.82) is 0 Å². The van der Waals surface area contributed by atoms with Crippen LogP contribution in [-0.2, 0) is 16.1 Å². The molecule has 1 atom stereocenters. The van der Waals surface area contributed by atoms with E-state index >= 15 is 0 Å². The zero-order valence-electron chi connectivity index (χ0n) is 15.4. The molecular weight excluding hydrogens is 322 g/mol. The van der Waals surface area contributed by atoms with Crippen LogP contribution in [0.25, 0.3) is 0 Å². The maximum atomic E-state index is 12.1. The van der Waals surface area contributed by atoms with Crippen LogP contribution in [0.5, 0.6) is 0 Å².